The Kier molecular flexibility index (Phi) is 8.82. The van der Waals surface area contributed by atoms with Gasteiger partial charge in [0.2, 0.25) is 5.91 Å². The lowest BCUT2D eigenvalue weighted by atomic mass is 9.82. The number of fused-ring (bicyclic) bond motifs is 1. The highest BCUT2D eigenvalue weighted by atomic mass is 35.5. The van der Waals surface area contributed by atoms with Crippen LogP contribution < -0.4 is 15.0 Å². The van der Waals surface area contributed by atoms with Gasteiger partial charge in [0, 0.05) is 53.9 Å². The van der Waals surface area contributed by atoms with E-state index in [1.165, 1.54) is 0 Å². The van der Waals surface area contributed by atoms with Crippen molar-refractivity contribution >= 4 is 34.1 Å². The number of halogens is 1. The average molecular weight is 519 g/mol. The lowest BCUT2D eigenvalue weighted by Crippen LogP contribution is -2.32. The molecule has 194 valence electrons. The Bertz CT molecular complexity index is 1300. The van der Waals surface area contributed by atoms with Gasteiger partial charge in [0.1, 0.15) is 17.9 Å². The van der Waals surface area contributed by atoms with Crippen molar-refractivity contribution in [1.82, 2.24) is 15.3 Å². The molecule has 0 aliphatic heterocycles. The van der Waals surface area contributed by atoms with E-state index in [4.69, 9.17) is 21.3 Å². The number of aryl methyl sites for hydroxylation is 1. The number of nitrogens with zero attached hydrogens (tertiary/aromatic N) is 3. The Morgan fingerprint density at radius 3 is 2.78 bits per heavy atom. The Labute approximate surface area is 224 Å². The number of para-hydroxylation sites is 1. The van der Waals surface area contributed by atoms with Crippen LogP contribution in [0.2, 0.25) is 5.02 Å². The highest BCUT2D eigenvalue weighted by molar-refractivity contribution is 6.31. The summed E-state index contributed by atoms with van der Waals surface area (Å²) in [6.07, 6.45) is 13.2. The number of nitrogens with one attached hydrogen (secondary N) is 1. The maximum absolute atomic E-state index is 12.8. The number of rotatable bonds is 9. The van der Waals surface area contributed by atoms with Gasteiger partial charge in [-0.25, -0.2) is 4.98 Å². The largest absolute Gasteiger partial charge is 0.487 e. The van der Waals surface area contributed by atoms with E-state index in [1.54, 1.807) is 18.6 Å². The molecule has 1 N–H and O–H groups in total. The molecule has 0 atom stereocenters. The number of anilines is 1. The van der Waals surface area contributed by atoms with Crippen molar-refractivity contribution in [3.05, 3.63) is 83.6 Å². The summed E-state index contributed by atoms with van der Waals surface area (Å²) in [6.45, 7) is 10.7. The van der Waals surface area contributed by atoms with Crippen LogP contribution in [0.4, 0.5) is 5.69 Å². The number of carbonyl (C=O) groups is 1. The van der Waals surface area contributed by atoms with E-state index >= 15 is 0 Å². The van der Waals surface area contributed by atoms with Crippen LogP contribution in [0.15, 0.2) is 61.7 Å². The summed E-state index contributed by atoms with van der Waals surface area (Å²) >= 11 is 6.54. The predicted octanol–water partition coefficient (Wildman–Crippen LogP) is 7.10. The Hall–Kier alpha value is -3.38. The maximum Gasteiger partial charge on any atom is 0.223 e. The van der Waals surface area contributed by atoms with Crippen molar-refractivity contribution in [2.24, 2.45) is 11.8 Å². The van der Waals surface area contributed by atoms with Crippen LogP contribution in [0.25, 0.3) is 10.9 Å². The van der Waals surface area contributed by atoms with Gasteiger partial charge >= 0.3 is 0 Å². The van der Waals surface area contributed by atoms with E-state index in [2.05, 4.69) is 23.8 Å². The number of benzene rings is 1. The molecule has 0 radical (unpaired) electrons. The van der Waals surface area contributed by atoms with E-state index in [1.807, 2.05) is 55.3 Å². The van der Waals surface area contributed by atoms with E-state index in [9.17, 15) is 4.79 Å². The third-order valence-electron chi connectivity index (χ3n) is 7.00. The summed E-state index contributed by atoms with van der Waals surface area (Å²) < 4.78 is 6.30. The molecule has 0 bridgehead atoms. The molecule has 3 aromatic rings. The van der Waals surface area contributed by atoms with Gasteiger partial charge in [-0.2, -0.15) is 0 Å². The summed E-state index contributed by atoms with van der Waals surface area (Å²) in [6, 6.07) is 7.92. The molecule has 1 aromatic carbocycles. The van der Waals surface area contributed by atoms with Crippen molar-refractivity contribution in [3.63, 3.8) is 0 Å². The number of aromatic nitrogens is 2. The molecule has 1 fully saturated rings. The van der Waals surface area contributed by atoms with E-state index in [0.29, 0.717) is 23.2 Å². The summed E-state index contributed by atoms with van der Waals surface area (Å²) in [5.74, 6) is 1.55. The topological polar surface area (TPSA) is 67.3 Å². The van der Waals surface area contributed by atoms with Gasteiger partial charge < -0.3 is 15.0 Å². The van der Waals surface area contributed by atoms with E-state index < -0.39 is 0 Å². The molecule has 1 saturated carbocycles. The zero-order valence-corrected chi connectivity index (χ0v) is 22.6. The molecule has 2 aromatic heterocycles. The Morgan fingerprint density at radius 2 is 2.05 bits per heavy atom. The van der Waals surface area contributed by atoms with E-state index in [0.717, 1.165) is 59.1 Å². The van der Waals surface area contributed by atoms with Crippen LogP contribution in [0.3, 0.4) is 0 Å². The number of ether oxygens (including phenoxy) is 1. The zero-order valence-electron chi connectivity index (χ0n) is 21.8. The van der Waals surface area contributed by atoms with Gasteiger partial charge in [0.25, 0.3) is 0 Å². The SMILES string of the molecule is C=CN(/C=C\C)c1cc(C)nc2c(OCc3c(Cl)cncc3CNC(=O)C3CCC(C)CC3)cccc12. The zero-order chi connectivity index (χ0) is 26.4. The minimum atomic E-state index is 0.0833. The highest BCUT2D eigenvalue weighted by Crippen LogP contribution is 2.34. The Morgan fingerprint density at radius 1 is 1.27 bits per heavy atom. The van der Waals surface area contributed by atoms with Crippen molar-refractivity contribution in [1.29, 1.82) is 0 Å². The summed E-state index contributed by atoms with van der Waals surface area (Å²) in [5.41, 5.74) is 4.27. The third kappa shape index (κ3) is 6.31. The fourth-order valence-corrected chi connectivity index (χ4v) is 5.11. The lowest BCUT2D eigenvalue weighted by molar-refractivity contribution is -0.126. The lowest BCUT2D eigenvalue weighted by Gasteiger charge is -2.25. The molecule has 1 aliphatic rings. The molecule has 37 heavy (non-hydrogen) atoms. The molecule has 0 unspecified atom stereocenters. The molecule has 4 rings (SSSR count). The fraction of sp³-hybridized carbons (Fsp3) is 0.367. The number of hydrogen-bond donors (Lipinski definition) is 1. The van der Waals surface area contributed by atoms with Crippen molar-refractivity contribution in [3.8, 4) is 5.75 Å². The minimum absolute atomic E-state index is 0.0833. The summed E-state index contributed by atoms with van der Waals surface area (Å²) in [7, 11) is 0. The van der Waals surface area contributed by atoms with Crippen LogP contribution >= 0.6 is 11.6 Å². The quantitative estimate of drug-likeness (QED) is 0.327. The summed E-state index contributed by atoms with van der Waals surface area (Å²) in [4.78, 5) is 23.8. The maximum atomic E-state index is 12.8. The van der Waals surface area contributed by atoms with Crippen LogP contribution in [0.1, 0.15) is 56.4 Å². The fourth-order valence-electron chi connectivity index (χ4n) is 4.87. The second-order valence-corrected chi connectivity index (χ2v) is 10.1. The first-order chi connectivity index (χ1) is 17.9. The van der Waals surface area contributed by atoms with Crippen molar-refractivity contribution < 1.29 is 9.53 Å². The van der Waals surface area contributed by atoms with Crippen LogP contribution in [-0.2, 0) is 17.9 Å². The predicted molar refractivity (Wildman–Crippen MR) is 151 cm³/mol. The van der Waals surface area contributed by atoms with Gasteiger partial charge in [-0.3, -0.25) is 9.78 Å². The molecule has 1 amide bonds. The molecule has 0 saturated heterocycles. The molecule has 2 heterocycles. The van der Waals surface area contributed by atoms with Crippen LogP contribution in [-0.4, -0.2) is 15.9 Å². The number of carbonyl (C=O) groups excluding carboxylic acids is 1. The molecule has 1 aliphatic carbocycles. The minimum Gasteiger partial charge on any atom is -0.487 e. The number of pyridine rings is 2. The number of amides is 1. The second kappa shape index (κ2) is 12.2. The third-order valence-corrected chi connectivity index (χ3v) is 7.32. The first-order valence-electron chi connectivity index (χ1n) is 12.9. The normalized spacial score (nSPS) is 17.6. The monoisotopic (exact) mass is 518 g/mol. The molecular formula is C30H35ClN4O2. The van der Waals surface area contributed by atoms with Gasteiger partial charge in [-0.05, 0) is 63.1 Å². The van der Waals surface area contributed by atoms with E-state index in [-0.39, 0.29) is 18.4 Å². The molecule has 0 spiro atoms. The second-order valence-electron chi connectivity index (χ2n) is 9.73. The van der Waals surface area contributed by atoms with Gasteiger partial charge in [-0.15, -0.1) is 0 Å². The Balaban J connectivity index is 1.54. The first-order valence-corrected chi connectivity index (χ1v) is 13.2. The average Bonchev–Trinajstić information content (AvgIpc) is 2.90. The van der Waals surface area contributed by atoms with Gasteiger partial charge in [-0.1, -0.05) is 43.3 Å². The highest BCUT2D eigenvalue weighted by Gasteiger charge is 2.24. The standard InChI is InChI=1S/C30H35ClN4O2/c1-5-14-35(6-2)27-15-21(4)34-29-24(27)8-7-9-28(29)37-19-25-23(16-32-18-26(25)31)17-33-30(36)22-12-10-20(3)11-13-22/h5-9,14-16,18,20,22H,2,10-13,17,19H2,1,3-4H3,(H,33,36)/b14-5-. The van der Waals surface area contributed by atoms with Gasteiger partial charge in [0.15, 0.2) is 0 Å². The molecular weight excluding hydrogens is 484 g/mol. The van der Waals surface area contributed by atoms with Crippen molar-refractivity contribution in [2.45, 2.75) is 59.6 Å². The first kappa shape index (κ1) is 26.7. The number of allylic oxidation sites excluding steroid dienone is 1. The van der Waals surface area contributed by atoms with Crippen LogP contribution in [0.5, 0.6) is 5.75 Å². The number of hydrogen-bond acceptors (Lipinski definition) is 5. The van der Waals surface area contributed by atoms with Crippen molar-refractivity contribution in [2.75, 3.05) is 4.90 Å². The molecule has 6 nitrogen and oxygen atoms in total. The molecule has 7 heteroatoms. The van der Waals surface area contributed by atoms with Gasteiger partial charge in [0.05, 0.1) is 10.7 Å². The smallest absolute Gasteiger partial charge is 0.223 e. The van der Waals surface area contributed by atoms with Crippen LogP contribution in [0, 0.1) is 18.8 Å². The summed E-state index contributed by atoms with van der Waals surface area (Å²) in [5, 5.41) is 4.56.